The summed E-state index contributed by atoms with van der Waals surface area (Å²) in [5, 5.41) is 4.60. The van der Waals surface area contributed by atoms with E-state index in [0.717, 1.165) is 72.3 Å². The lowest BCUT2D eigenvalue weighted by Crippen LogP contribution is -2.11. The van der Waals surface area contributed by atoms with E-state index < -0.39 is 0 Å². The molecule has 10 aromatic carbocycles. The highest BCUT2D eigenvalue weighted by Gasteiger charge is 2.23. The van der Waals surface area contributed by atoms with E-state index in [4.69, 9.17) is 9.40 Å². The van der Waals surface area contributed by atoms with Crippen LogP contribution in [0.15, 0.2) is 235 Å². The molecule has 0 aliphatic heterocycles. The van der Waals surface area contributed by atoms with Crippen molar-refractivity contribution in [3.05, 3.63) is 231 Å². The van der Waals surface area contributed by atoms with Gasteiger partial charge in [0, 0.05) is 27.9 Å². The zero-order valence-electron chi connectivity index (χ0n) is 32.7. The van der Waals surface area contributed by atoms with Gasteiger partial charge in [0.1, 0.15) is 5.52 Å². The van der Waals surface area contributed by atoms with Crippen molar-refractivity contribution < 1.29 is 4.42 Å². The molecular weight excluding hydrogens is 729 g/mol. The highest BCUT2D eigenvalue weighted by Crippen LogP contribution is 2.47. The quantitative estimate of drug-likeness (QED) is 0.154. The Morgan fingerprint density at radius 2 is 0.950 bits per heavy atom. The summed E-state index contributed by atoms with van der Waals surface area (Å²) in [6.07, 6.45) is 0. The van der Waals surface area contributed by atoms with Gasteiger partial charge in [0.2, 0.25) is 5.89 Å². The number of rotatable bonds is 8. The predicted octanol–water partition coefficient (Wildman–Crippen LogP) is 15.9. The lowest BCUT2D eigenvalue weighted by atomic mass is 9.90. The maximum atomic E-state index is 6.56. The fraction of sp³-hybridized carbons (Fsp3) is 0. The van der Waals surface area contributed by atoms with Crippen LogP contribution in [-0.2, 0) is 0 Å². The molecule has 0 saturated carbocycles. The minimum absolute atomic E-state index is 0.616. The maximum absolute atomic E-state index is 6.56. The van der Waals surface area contributed by atoms with E-state index in [1.165, 1.54) is 27.5 Å². The number of anilines is 3. The van der Waals surface area contributed by atoms with Gasteiger partial charge in [-0.25, -0.2) is 4.98 Å². The van der Waals surface area contributed by atoms with E-state index in [2.05, 4.69) is 205 Å². The van der Waals surface area contributed by atoms with Crippen LogP contribution in [0.4, 0.5) is 17.1 Å². The fourth-order valence-corrected chi connectivity index (χ4v) is 8.67. The number of nitrogens with zero attached hydrogens (tertiary/aromatic N) is 2. The van der Waals surface area contributed by atoms with Gasteiger partial charge in [-0.15, -0.1) is 0 Å². The normalized spacial score (nSPS) is 11.3. The van der Waals surface area contributed by atoms with E-state index in [0.29, 0.717) is 5.89 Å². The first-order chi connectivity index (χ1) is 29.8. The van der Waals surface area contributed by atoms with Crippen molar-refractivity contribution >= 4 is 49.7 Å². The summed E-state index contributed by atoms with van der Waals surface area (Å²) < 4.78 is 6.56. The highest BCUT2D eigenvalue weighted by atomic mass is 16.3. The van der Waals surface area contributed by atoms with E-state index in [9.17, 15) is 0 Å². The van der Waals surface area contributed by atoms with Gasteiger partial charge in [-0.05, 0) is 110 Å². The van der Waals surface area contributed by atoms with Crippen molar-refractivity contribution in [3.8, 4) is 56.0 Å². The first-order valence-corrected chi connectivity index (χ1v) is 20.4. The molecule has 11 aromatic rings. The van der Waals surface area contributed by atoms with Crippen molar-refractivity contribution in [2.45, 2.75) is 0 Å². The smallest absolute Gasteiger partial charge is 0.227 e. The highest BCUT2D eigenvalue weighted by molar-refractivity contribution is 6.13. The minimum atomic E-state index is 0.616. The summed E-state index contributed by atoms with van der Waals surface area (Å²) in [5.41, 5.74) is 14.9. The van der Waals surface area contributed by atoms with Crippen LogP contribution >= 0.6 is 0 Å². The third-order valence-corrected chi connectivity index (χ3v) is 11.5. The van der Waals surface area contributed by atoms with Gasteiger partial charge in [0.15, 0.2) is 5.58 Å². The molecule has 0 atom stereocenters. The Hall–Kier alpha value is -8.01. The first-order valence-electron chi connectivity index (χ1n) is 20.4. The van der Waals surface area contributed by atoms with Crippen LogP contribution in [0, 0.1) is 0 Å². The number of aromatic nitrogens is 1. The van der Waals surface area contributed by atoms with Crippen molar-refractivity contribution in [2.24, 2.45) is 0 Å². The van der Waals surface area contributed by atoms with E-state index >= 15 is 0 Å². The molecule has 0 saturated heterocycles. The molecule has 0 aliphatic rings. The number of hydrogen-bond acceptors (Lipinski definition) is 3. The summed E-state index contributed by atoms with van der Waals surface area (Å²) in [6, 6.07) is 82.0. The third-order valence-electron chi connectivity index (χ3n) is 11.5. The van der Waals surface area contributed by atoms with Crippen molar-refractivity contribution in [2.75, 3.05) is 4.90 Å². The van der Waals surface area contributed by atoms with Crippen molar-refractivity contribution in [3.63, 3.8) is 0 Å². The SMILES string of the molecule is c1ccc(-c2ccc(N(c3ccccc3)c3ccc(-c4cc5oc(-c6ccccc6)nc5c5ccccc45)c(-c4ccccc4)c3)c(-c3cccc4ccccc34)c2)cc1. The second-order valence-corrected chi connectivity index (χ2v) is 15.1. The molecule has 60 heavy (non-hydrogen) atoms. The Balaban J connectivity index is 1.16. The largest absolute Gasteiger partial charge is 0.436 e. The molecule has 1 heterocycles. The molecule has 0 spiro atoms. The number of oxazole rings is 1. The second-order valence-electron chi connectivity index (χ2n) is 15.1. The fourth-order valence-electron chi connectivity index (χ4n) is 8.67. The molecule has 1 aromatic heterocycles. The van der Waals surface area contributed by atoms with Gasteiger partial charge >= 0.3 is 0 Å². The molecular formula is C57H38N2O. The molecule has 0 fully saturated rings. The Kier molecular flexibility index (Phi) is 8.83. The monoisotopic (exact) mass is 766 g/mol. The number of benzene rings is 10. The van der Waals surface area contributed by atoms with Crippen LogP contribution in [0.25, 0.3) is 88.6 Å². The Bertz CT molecular complexity index is 3300. The number of fused-ring (bicyclic) bond motifs is 4. The molecule has 0 radical (unpaired) electrons. The molecule has 0 aliphatic carbocycles. The Morgan fingerprint density at radius 3 is 1.70 bits per heavy atom. The zero-order valence-corrected chi connectivity index (χ0v) is 32.7. The summed E-state index contributed by atoms with van der Waals surface area (Å²) in [7, 11) is 0. The van der Waals surface area contributed by atoms with Crippen LogP contribution in [-0.4, -0.2) is 4.98 Å². The molecule has 282 valence electrons. The average molecular weight is 767 g/mol. The lowest BCUT2D eigenvalue weighted by molar-refractivity contribution is 0.620. The first kappa shape index (κ1) is 35.2. The van der Waals surface area contributed by atoms with Gasteiger partial charge in [-0.3, -0.25) is 0 Å². The number of hydrogen-bond donors (Lipinski definition) is 0. The van der Waals surface area contributed by atoms with Gasteiger partial charge in [-0.1, -0.05) is 176 Å². The minimum Gasteiger partial charge on any atom is -0.436 e. The third kappa shape index (κ3) is 6.30. The Morgan fingerprint density at radius 1 is 0.333 bits per heavy atom. The van der Waals surface area contributed by atoms with Crippen LogP contribution < -0.4 is 4.90 Å². The number of para-hydroxylation sites is 1. The van der Waals surface area contributed by atoms with E-state index in [1.807, 2.05) is 30.3 Å². The lowest BCUT2D eigenvalue weighted by Gasteiger charge is -2.29. The second kappa shape index (κ2) is 15.1. The Labute approximate surface area is 349 Å². The van der Waals surface area contributed by atoms with Crippen LogP contribution in [0.3, 0.4) is 0 Å². The molecule has 3 heteroatoms. The molecule has 0 bridgehead atoms. The summed E-state index contributed by atoms with van der Waals surface area (Å²) in [6.45, 7) is 0. The summed E-state index contributed by atoms with van der Waals surface area (Å²) >= 11 is 0. The van der Waals surface area contributed by atoms with Gasteiger partial charge in [0.25, 0.3) is 0 Å². The van der Waals surface area contributed by atoms with Crippen molar-refractivity contribution in [1.29, 1.82) is 0 Å². The molecule has 0 unspecified atom stereocenters. The van der Waals surface area contributed by atoms with Crippen LogP contribution in [0.2, 0.25) is 0 Å². The van der Waals surface area contributed by atoms with E-state index in [-0.39, 0.29) is 0 Å². The van der Waals surface area contributed by atoms with Crippen LogP contribution in [0.5, 0.6) is 0 Å². The molecule has 3 nitrogen and oxygen atoms in total. The standard InChI is InChI=1S/C57H38N2O/c1-5-18-39(19-6-1)43-32-35-54(53(36-43)47-31-17-25-40-22-13-14-28-46(40)47)59(44-26-11-4-12-27-44)45-33-34-49(51(37-45)41-20-7-2-8-21-41)52-38-55-56(50-30-16-15-29-48(50)52)58-57(60-55)42-23-9-3-10-24-42/h1-38H. The summed E-state index contributed by atoms with van der Waals surface area (Å²) in [4.78, 5) is 7.44. The summed E-state index contributed by atoms with van der Waals surface area (Å²) in [5.74, 6) is 0.616. The zero-order chi connectivity index (χ0) is 39.8. The molecule has 0 amide bonds. The van der Waals surface area contributed by atoms with Crippen LogP contribution in [0.1, 0.15) is 0 Å². The maximum Gasteiger partial charge on any atom is 0.227 e. The predicted molar refractivity (Wildman–Crippen MR) is 251 cm³/mol. The van der Waals surface area contributed by atoms with E-state index in [1.54, 1.807) is 0 Å². The topological polar surface area (TPSA) is 29.3 Å². The molecule has 0 N–H and O–H groups in total. The van der Waals surface area contributed by atoms with Crippen molar-refractivity contribution in [1.82, 2.24) is 4.98 Å². The van der Waals surface area contributed by atoms with Gasteiger partial charge < -0.3 is 9.32 Å². The van der Waals surface area contributed by atoms with Gasteiger partial charge in [0.05, 0.1) is 5.69 Å². The van der Waals surface area contributed by atoms with Gasteiger partial charge in [-0.2, -0.15) is 0 Å². The molecule has 11 rings (SSSR count). The average Bonchev–Trinajstić information content (AvgIpc) is 3.77.